The van der Waals surface area contributed by atoms with Crippen LogP contribution in [-0.2, 0) is 4.79 Å². The van der Waals surface area contributed by atoms with Crippen molar-refractivity contribution in [3.8, 4) is 0 Å². The zero-order chi connectivity index (χ0) is 14.0. The van der Waals surface area contributed by atoms with Crippen molar-refractivity contribution in [2.75, 3.05) is 12.8 Å². The van der Waals surface area contributed by atoms with Crippen LogP contribution in [-0.4, -0.2) is 56.9 Å². The normalized spacial score (nSPS) is 22.5. The number of hydrogen-bond acceptors (Lipinski definition) is 5. The van der Waals surface area contributed by atoms with E-state index in [0.29, 0.717) is 10.6 Å². The highest BCUT2D eigenvalue weighted by molar-refractivity contribution is 7.98. The summed E-state index contributed by atoms with van der Waals surface area (Å²) in [4.78, 5) is 28.8. The average Bonchev–Trinajstić information content (AvgIpc) is 2.80. The van der Waals surface area contributed by atoms with Gasteiger partial charge in [-0.2, -0.15) is 0 Å². The van der Waals surface area contributed by atoms with Gasteiger partial charge in [0.05, 0.1) is 11.7 Å². The van der Waals surface area contributed by atoms with Gasteiger partial charge in [-0.1, -0.05) is 0 Å². The average molecular weight is 282 g/mol. The van der Waals surface area contributed by atoms with Crippen molar-refractivity contribution in [1.29, 1.82) is 0 Å². The molecule has 0 unspecified atom stereocenters. The second-order valence-corrected chi connectivity index (χ2v) is 5.06. The largest absolute Gasteiger partial charge is 0.480 e. The van der Waals surface area contributed by atoms with E-state index >= 15 is 0 Å². The number of β-amino-alcohol motifs (C(OH)–C–C–N with tert-alkyl or cyclic N) is 1. The summed E-state index contributed by atoms with van der Waals surface area (Å²) in [5.74, 6) is -1.50. The van der Waals surface area contributed by atoms with Gasteiger partial charge in [-0.05, 0) is 18.4 Å². The minimum absolute atomic E-state index is 0.0402. The molecule has 0 radical (unpaired) electrons. The van der Waals surface area contributed by atoms with Crippen molar-refractivity contribution in [3.05, 3.63) is 23.9 Å². The summed E-state index contributed by atoms with van der Waals surface area (Å²) in [6.45, 7) is 0.0402. The molecule has 0 aliphatic carbocycles. The summed E-state index contributed by atoms with van der Waals surface area (Å²) in [6, 6.07) is 2.28. The number of pyridine rings is 1. The number of aliphatic carboxylic acids is 1. The summed E-state index contributed by atoms with van der Waals surface area (Å²) >= 11 is 1.32. The predicted molar refractivity (Wildman–Crippen MR) is 69.1 cm³/mol. The number of carboxylic acids is 1. The van der Waals surface area contributed by atoms with E-state index in [-0.39, 0.29) is 13.0 Å². The third-order valence-electron chi connectivity index (χ3n) is 3.02. The van der Waals surface area contributed by atoms with Crippen LogP contribution < -0.4 is 0 Å². The number of aromatic nitrogens is 1. The molecule has 102 valence electrons. The smallest absolute Gasteiger partial charge is 0.326 e. The summed E-state index contributed by atoms with van der Waals surface area (Å²) in [5, 5.41) is 19.2. The fourth-order valence-corrected chi connectivity index (χ4v) is 2.68. The van der Waals surface area contributed by atoms with E-state index in [2.05, 4.69) is 4.98 Å². The molecule has 0 spiro atoms. The molecule has 0 saturated carbocycles. The molecular formula is C12H14N2O4S. The zero-order valence-electron chi connectivity index (χ0n) is 10.3. The molecular weight excluding hydrogens is 268 g/mol. The summed E-state index contributed by atoms with van der Waals surface area (Å²) < 4.78 is 0. The maximum Gasteiger partial charge on any atom is 0.326 e. The van der Waals surface area contributed by atoms with Crippen LogP contribution in [0.2, 0.25) is 0 Å². The highest BCUT2D eigenvalue weighted by atomic mass is 32.2. The molecule has 2 N–H and O–H groups in total. The van der Waals surface area contributed by atoms with Crippen LogP contribution in [0.5, 0.6) is 0 Å². The molecule has 0 aromatic carbocycles. The van der Waals surface area contributed by atoms with Crippen LogP contribution in [0.4, 0.5) is 0 Å². The Morgan fingerprint density at radius 2 is 2.26 bits per heavy atom. The van der Waals surface area contributed by atoms with E-state index in [1.807, 2.05) is 0 Å². The number of thioether (sulfide) groups is 1. The molecule has 1 saturated heterocycles. The van der Waals surface area contributed by atoms with E-state index in [0.717, 1.165) is 0 Å². The van der Waals surface area contributed by atoms with Crippen molar-refractivity contribution in [2.45, 2.75) is 23.6 Å². The van der Waals surface area contributed by atoms with Crippen LogP contribution in [0.25, 0.3) is 0 Å². The Bertz CT molecular complexity index is 508. The topological polar surface area (TPSA) is 90.7 Å². The molecule has 2 atom stereocenters. The number of carboxylic acid groups (broad SMARTS) is 1. The number of aliphatic hydroxyl groups is 1. The lowest BCUT2D eigenvalue weighted by molar-refractivity contribution is -0.141. The fourth-order valence-electron chi connectivity index (χ4n) is 2.14. The van der Waals surface area contributed by atoms with Crippen LogP contribution >= 0.6 is 11.8 Å². The van der Waals surface area contributed by atoms with E-state index in [1.165, 1.54) is 16.7 Å². The number of amides is 1. The van der Waals surface area contributed by atoms with E-state index in [4.69, 9.17) is 5.11 Å². The molecule has 1 aliphatic rings. The third kappa shape index (κ3) is 2.71. The van der Waals surface area contributed by atoms with Crippen LogP contribution in [0.3, 0.4) is 0 Å². The molecule has 19 heavy (non-hydrogen) atoms. The number of nitrogens with zero attached hydrogens (tertiary/aromatic N) is 2. The SMILES string of the molecule is CSc1ncccc1C(=O)N1C[C@H](O)C[C@H]1C(=O)O. The molecule has 1 aromatic heterocycles. The predicted octanol–water partition coefficient (Wildman–Crippen LogP) is 0.463. The van der Waals surface area contributed by atoms with Gasteiger partial charge >= 0.3 is 5.97 Å². The molecule has 1 aliphatic heterocycles. The Labute approximate surface area is 114 Å². The minimum atomic E-state index is -1.10. The number of rotatable bonds is 3. The maximum absolute atomic E-state index is 12.4. The lowest BCUT2D eigenvalue weighted by Gasteiger charge is -2.21. The van der Waals surface area contributed by atoms with Crippen molar-refractivity contribution in [2.24, 2.45) is 0 Å². The first kappa shape index (κ1) is 13.8. The number of hydrogen-bond donors (Lipinski definition) is 2. The van der Waals surface area contributed by atoms with Crippen LogP contribution in [0, 0.1) is 0 Å². The second kappa shape index (κ2) is 5.58. The number of aliphatic hydroxyl groups excluding tert-OH is 1. The summed E-state index contributed by atoms with van der Waals surface area (Å²) in [7, 11) is 0. The molecule has 2 heterocycles. The molecule has 1 amide bonds. The molecule has 0 bridgehead atoms. The minimum Gasteiger partial charge on any atom is -0.480 e. The maximum atomic E-state index is 12.4. The van der Waals surface area contributed by atoms with Crippen molar-refractivity contribution in [3.63, 3.8) is 0 Å². The quantitative estimate of drug-likeness (QED) is 0.783. The van der Waals surface area contributed by atoms with Gasteiger partial charge in [-0.3, -0.25) is 4.79 Å². The molecule has 7 heteroatoms. The Kier molecular flexibility index (Phi) is 4.06. The van der Waals surface area contributed by atoms with E-state index < -0.39 is 24.0 Å². The Balaban J connectivity index is 2.30. The van der Waals surface area contributed by atoms with E-state index in [1.54, 1.807) is 24.6 Å². The third-order valence-corrected chi connectivity index (χ3v) is 3.73. The van der Waals surface area contributed by atoms with Crippen LogP contribution in [0.15, 0.2) is 23.4 Å². The molecule has 6 nitrogen and oxygen atoms in total. The van der Waals surface area contributed by atoms with Gasteiger partial charge in [0.2, 0.25) is 0 Å². The van der Waals surface area contributed by atoms with Gasteiger partial charge in [0.1, 0.15) is 11.1 Å². The molecule has 1 aromatic rings. The number of likely N-dealkylation sites (tertiary alicyclic amines) is 1. The first-order valence-electron chi connectivity index (χ1n) is 5.75. The van der Waals surface area contributed by atoms with Crippen LogP contribution in [0.1, 0.15) is 16.8 Å². The number of carbonyl (C=O) groups is 2. The first-order chi connectivity index (χ1) is 9.04. The van der Waals surface area contributed by atoms with Gasteiger partial charge in [-0.15, -0.1) is 11.8 Å². The first-order valence-corrected chi connectivity index (χ1v) is 6.98. The fraction of sp³-hybridized carbons (Fsp3) is 0.417. The van der Waals surface area contributed by atoms with Gasteiger partial charge in [0.25, 0.3) is 5.91 Å². The van der Waals surface area contributed by atoms with Crippen molar-refractivity contribution >= 4 is 23.6 Å². The highest BCUT2D eigenvalue weighted by Gasteiger charge is 2.39. The molecule has 1 fully saturated rings. The van der Waals surface area contributed by atoms with Gasteiger partial charge < -0.3 is 15.1 Å². The lowest BCUT2D eigenvalue weighted by atomic mass is 10.2. The Morgan fingerprint density at radius 1 is 1.53 bits per heavy atom. The Hall–Kier alpha value is -1.60. The number of carbonyl (C=O) groups excluding carboxylic acids is 1. The van der Waals surface area contributed by atoms with E-state index in [9.17, 15) is 14.7 Å². The monoisotopic (exact) mass is 282 g/mol. The molecule has 2 rings (SSSR count). The standard InChI is InChI=1S/C12H14N2O4S/c1-19-10-8(3-2-4-13-10)11(16)14-6-7(15)5-9(14)12(17)18/h2-4,7,9,15H,5-6H2,1H3,(H,17,18)/t7-,9+/m1/s1. The Morgan fingerprint density at radius 3 is 2.89 bits per heavy atom. The van der Waals surface area contributed by atoms with Crippen molar-refractivity contribution in [1.82, 2.24) is 9.88 Å². The highest BCUT2D eigenvalue weighted by Crippen LogP contribution is 2.24. The van der Waals surface area contributed by atoms with Crippen molar-refractivity contribution < 1.29 is 19.8 Å². The lowest BCUT2D eigenvalue weighted by Crippen LogP contribution is -2.40. The second-order valence-electron chi connectivity index (χ2n) is 4.26. The van der Waals surface area contributed by atoms with Gasteiger partial charge in [0, 0.05) is 19.2 Å². The van der Waals surface area contributed by atoms with Gasteiger partial charge in [0.15, 0.2) is 0 Å². The summed E-state index contributed by atoms with van der Waals surface area (Å²) in [5.41, 5.74) is 0.371. The van der Waals surface area contributed by atoms with Gasteiger partial charge in [-0.25, -0.2) is 9.78 Å². The zero-order valence-corrected chi connectivity index (χ0v) is 11.1. The summed E-state index contributed by atoms with van der Waals surface area (Å²) in [6.07, 6.45) is 2.65.